The molecule has 0 bridgehead atoms. The molecule has 24 heavy (non-hydrogen) atoms. The monoisotopic (exact) mass is 337 g/mol. The van der Waals surface area contributed by atoms with E-state index in [0.717, 1.165) is 24.5 Å². The molecule has 0 spiro atoms. The first-order chi connectivity index (χ1) is 11.5. The van der Waals surface area contributed by atoms with E-state index in [1.807, 2.05) is 6.07 Å². The van der Waals surface area contributed by atoms with E-state index < -0.39 is 17.5 Å². The maximum atomic E-state index is 14.0. The lowest BCUT2D eigenvalue weighted by Crippen LogP contribution is -2.18. The third kappa shape index (κ3) is 3.61. The van der Waals surface area contributed by atoms with Crippen molar-refractivity contribution in [1.82, 2.24) is 5.32 Å². The normalized spacial score (nSPS) is 14.2. The Bertz CT molecular complexity index is 754. The Hall–Kier alpha value is -1.88. The van der Waals surface area contributed by atoms with Crippen LogP contribution in [0, 0.1) is 30.2 Å². The SMILES string of the molecule is Cc1c(F)c(F)cc(CCNCc2ccc(C3CC3)cc2F)c1F. The van der Waals surface area contributed by atoms with Crippen LogP contribution in [0.2, 0.25) is 0 Å². The standard InChI is InChI=1S/C19H19F4N/c1-11-18(22)14(9-17(21)19(11)23)6-7-24-10-15-5-4-13(8-16(15)20)12-2-3-12/h4-5,8-9,12,24H,2-3,6-7,10H2,1H3. The summed E-state index contributed by atoms with van der Waals surface area (Å²) >= 11 is 0. The highest BCUT2D eigenvalue weighted by Gasteiger charge is 2.24. The number of hydrogen-bond donors (Lipinski definition) is 1. The molecule has 128 valence electrons. The van der Waals surface area contributed by atoms with Crippen LogP contribution in [0.25, 0.3) is 0 Å². The van der Waals surface area contributed by atoms with Crippen LogP contribution < -0.4 is 5.32 Å². The Balaban J connectivity index is 1.56. The van der Waals surface area contributed by atoms with E-state index >= 15 is 0 Å². The van der Waals surface area contributed by atoms with Gasteiger partial charge in [0.05, 0.1) is 0 Å². The Kier molecular flexibility index (Phi) is 4.90. The van der Waals surface area contributed by atoms with Crippen LogP contribution in [-0.2, 0) is 13.0 Å². The zero-order chi connectivity index (χ0) is 17.3. The van der Waals surface area contributed by atoms with Crippen molar-refractivity contribution >= 4 is 0 Å². The van der Waals surface area contributed by atoms with Crippen molar-refractivity contribution in [2.45, 2.75) is 38.6 Å². The molecule has 1 aliphatic carbocycles. The lowest BCUT2D eigenvalue weighted by Gasteiger charge is -2.10. The zero-order valence-corrected chi connectivity index (χ0v) is 13.4. The molecular weight excluding hydrogens is 318 g/mol. The molecule has 5 heteroatoms. The van der Waals surface area contributed by atoms with E-state index in [9.17, 15) is 17.6 Å². The molecular formula is C19H19F4N. The maximum Gasteiger partial charge on any atom is 0.164 e. The lowest BCUT2D eigenvalue weighted by molar-refractivity contribution is 0.479. The van der Waals surface area contributed by atoms with Gasteiger partial charge in [-0.1, -0.05) is 12.1 Å². The van der Waals surface area contributed by atoms with Gasteiger partial charge in [-0.15, -0.1) is 0 Å². The summed E-state index contributed by atoms with van der Waals surface area (Å²) in [6.45, 7) is 1.85. The number of rotatable bonds is 6. The highest BCUT2D eigenvalue weighted by molar-refractivity contribution is 5.30. The molecule has 3 rings (SSSR count). The van der Waals surface area contributed by atoms with Gasteiger partial charge in [0.15, 0.2) is 11.6 Å². The van der Waals surface area contributed by atoms with Crippen molar-refractivity contribution in [3.8, 4) is 0 Å². The molecule has 1 fully saturated rings. The fraction of sp³-hybridized carbons (Fsp3) is 0.368. The van der Waals surface area contributed by atoms with Gasteiger partial charge in [-0.05, 0) is 61.9 Å². The molecule has 1 saturated carbocycles. The number of halogens is 4. The van der Waals surface area contributed by atoms with Crippen LogP contribution in [0.15, 0.2) is 24.3 Å². The average Bonchev–Trinajstić information content (AvgIpc) is 3.40. The Morgan fingerprint density at radius 3 is 2.38 bits per heavy atom. The molecule has 0 heterocycles. The van der Waals surface area contributed by atoms with Crippen molar-refractivity contribution in [2.75, 3.05) is 6.54 Å². The Morgan fingerprint density at radius 1 is 0.958 bits per heavy atom. The predicted molar refractivity (Wildman–Crippen MR) is 84.8 cm³/mol. The maximum absolute atomic E-state index is 14.0. The van der Waals surface area contributed by atoms with Crippen LogP contribution in [0.1, 0.15) is 41.0 Å². The van der Waals surface area contributed by atoms with Crippen LogP contribution in [0.5, 0.6) is 0 Å². The summed E-state index contributed by atoms with van der Waals surface area (Å²) in [5, 5.41) is 3.01. The zero-order valence-electron chi connectivity index (χ0n) is 13.4. The molecule has 0 atom stereocenters. The largest absolute Gasteiger partial charge is 0.312 e. The molecule has 2 aromatic rings. The van der Waals surface area contributed by atoms with Gasteiger partial charge in [0.25, 0.3) is 0 Å². The first kappa shape index (κ1) is 17.0. The molecule has 0 aromatic heterocycles. The van der Waals surface area contributed by atoms with E-state index in [1.165, 1.54) is 6.92 Å². The average molecular weight is 337 g/mol. The second kappa shape index (κ2) is 6.93. The minimum Gasteiger partial charge on any atom is -0.312 e. The third-order valence-corrected chi connectivity index (χ3v) is 4.46. The fourth-order valence-corrected chi connectivity index (χ4v) is 2.80. The number of hydrogen-bond acceptors (Lipinski definition) is 1. The predicted octanol–water partition coefficient (Wildman–Crippen LogP) is 4.76. The van der Waals surface area contributed by atoms with E-state index in [1.54, 1.807) is 12.1 Å². The Labute approximate surface area is 138 Å². The van der Waals surface area contributed by atoms with Crippen LogP contribution in [-0.4, -0.2) is 6.54 Å². The summed E-state index contributed by atoms with van der Waals surface area (Å²) in [7, 11) is 0. The summed E-state index contributed by atoms with van der Waals surface area (Å²) in [5.74, 6) is -2.67. The summed E-state index contributed by atoms with van der Waals surface area (Å²) in [6.07, 6.45) is 2.44. The van der Waals surface area contributed by atoms with Crippen molar-refractivity contribution in [1.29, 1.82) is 0 Å². The molecule has 0 radical (unpaired) electrons. The van der Waals surface area contributed by atoms with Gasteiger partial charge in [-0.25, -0.2) is 17.6 Å². The van der Waals surface area contributed by atoms with Gasteiger partial charge in [-0.3, -0.25) is 0 Å². The summed E-state index contributed by atoms with van der Waals surface area (Å²) in [4.78, 5) is 0. The van der Waals surface area contributed by atoms with Gasteiger partial charge < -0.3 is 5.32 Å². The van der Waals surface area contributed by atoms with Crippen molar-refractivity contribution in [3.05, 3.63) is 69.8 Å². The molecule has 0 unspecified atom stereocenters. The van der Waals surface area contributed by atoms with E-state index in [0.29, 0.717) is 24.6 Å². The molecule has 2 aromatic carbocycles. The fourth-order valence-electron chi connectivity index (χ4n) is 2.80. The van der Waals surface area contributed by atoms with Crippen molar-refractivity contribution in [3.63, 3.8) is 0 Å². The van der Waals surface area contributed by atoms with Gasteiger partial charge in [0, 0.05) is 17.7 Å². The summed E-state index contributed by atoms with van der Waals surface area (Å²) < 4.78 is 54.5. The van der Waals surface area contributed by atoms with Crippen LogP contribution in [0.3, 0.4) is 0 Å². The smallest absolute Gasteiger partial charge is 0.164 e. The number of benzene rings is 2. The topological polar surface area (TPSA) is 12.0 Å². The molecule has 0 amide bonds. The molecule has 0 aliphatic heterocycles. The molecule has 0 saturated heterocycles. The third-order valence-electron chi connectivity index (χ3n) is 4.46. The molecule has 1 aliphatic rings. The first-order valence-electron chi connectivity index (χ1n) is 8.09. The second-order valence-corrected chi connectivity index (χ2v) is 6.32. The van der Waals surface area contributed by atoms with Crippen molar-refractivity contribution in [2.24, 2.45) is 0 Å². The lowest BCUT2D eigenvalue weighted by atomic mass is 10.1. The van der Waals surface area contributed by atoms with E-state index in [2.05, 4.69) is 5.32 Å². The van der Waals surface area contributed by atoms with Crippen LogP contribution in [0.4, 0.5) is 17.6 Å². The van der Waals surface area contributed by atoms with Gasteiger partial charge in [-0.2, -0.15) is 0 Å². The van der Waals surface area contributed by atoms with E-state index in [4.69, 9.17) is 0 Å². The number of nitrogens with one attached hydrogen (secondary N) is 1. The minimum atomic E-state index is -1.15. The van der Waals surface area contributed by atoms with Gasteiger partial charge in [0.2, 0.25) is 0 Å². The highest BCUT2D eigenvalue weighted by Crippen LogP contribution is 2.40. The second-order valence-electron chi connectivity index (χ2n) is 6.32. The summed E-state index contributed by atoms with van der Waals surface area (Å²) in [5.41, 5.74) is 1.38. The molecule has 1 nitrogen and oxygen atoms in total. The van der Waals surface area contributed by atoms with E-state index in [-0.39, 0.29) is 23.4 Å². The summed E-state index contributed by atoms with van der Waals surface area (Å²) in [6, 6.07) is 6.16. The highest BCUT2D eigenvalue weighted by atomic mass is 19.2. The van der Waals surface area contributed by atoms with Gasteiger partial charge in [0.1, 0.15) is 11.6 Å². The van der Waals surface area contributed by atoms with Crippen LogP contribution >= 0.6 is 0 Å². The van der Waals surface area contributed by atoms with Crippen molar-refractivity contribution < 1.29 is 17.6 Å². The first-order valence-corrected chi connectivity index (χ1v) is 8.09. The molecule has 1 N–H and O–H groups in total. The Morgan fingerprint density at radius 2 is 1.71 bits per heavy atom. The minimum absolute atomic E-state index is 0.114. The quantitative estimate of drug-likeness (QED) is 0.455. The van der Waals surface area contributed by atoms with Gasteiger partial charge >= 0.3 is 0 Å².